The minimum absolute atomic E-state index is 0.0686. The first-order chi connectivity index (χ1) is 14.2. The Bertz CT molecular complexity index is 1040. The van der Waals surface area contributed by atoms with Crippen molar-refractivity contribution in [2.45, 2.75) is 31.6 Å². The second-order valence-electron chi connectivity index (χ2n) is 6.50. The molecule has 0 aliphatic rings. The van der Waals surface area contributed by atoms with E-state index < -0.39 is 21.8 Å². The van der Waals surface area contributed by atoms with Gasteiger partial charge >= 0.3 is 0 Å². The summed E-state index contributed by atoms with van der Waals surface area (Å²) in [4.78, 5) is 24.6. The molecule has 10 heteroatoms. The number of hydrogen-bond acceptors (Lipinski definition) is 6. The van der Waals surface area contributed by atoms with Gasteiger partial charge in [0.1, 0.15) is 0 Å². The number of unbranched alkanes of at least 4 members (excludes halogenated alkanes) is 1. The molecule has 2 aromatic rings. The number of benzene rings is 2. The molecule has 0 fully saturated rings. The molecule has 2 amide bonds. The van der Waals surface area contributed by atoms with E-state index in [1.807, 2.05) is 0 Å². The summed E-state index contributed by atoms with van der Waals surface area (Å²) in [5.74, 6) is -0.358. The zero-order valence-electron chi connectivity index (χ0n) is 17.0. The molecule has 0 bridgehead atoms. The van der Waals surface area contributed by atoms with Crippen molar-refractivity contribution in [3.05, 3.63) is 53.1 Å². The molecule has 30 heavy (non-hydrogen) atoms. The molecule has 162 valence electrons. The normalized spacial score (nSPS) is 10.9. The van der Waals surface area contributed by atoms with Crippen molar-refractivity contribution in [1.82, 2.24) is 10.9 Å². The Morgan fingerprint density at radius 1 is 1.03 bits per heavy atom. The van der Waals surface area contributed by atoms with Gasteiger partial charge in [-0.15, -0.1) is 0 Å². The van der Waals surface area contributed by atoms with Crippen LogP contribution in [0.2, 0.25) is 0 Å². The van der Waals surface area contributed by atoms with Crippen LogP contribution in [-0.2, 0) is 10.0 Å². The van der Waals surface area contributed by atoms with Crippen molar-refractivity contribution in [3.63, 3.8) is 0 Å². The first kappa shape index (κ1) is 23.2. The van der Waals surface area contributed by atoms with Crippen LogP contribution in [0.15, 0.2) is 41.3 Å². The first-order valence-corrected chi connectivity index (χ1v) is 10.8. The summed E-state index contributed by atoms with van der Waals surface area (Å²) in [5, 5.41) is 5.10. The van der Waals surface area contributed by atoms with Crippen LogP contribution in [0.25, 0.3) is 0 Å². The SMILES string of the molecule is CCCCOc1ccc(C(=O)NNC(=O)c2cc(S(N)(=O)=O)ccc2C)cc1OC. The molecule has 0 spiro atoms. The zero-order valence-corrected chi connectivity index (χ0v) is 17.8. The fourth-order valence-electron chi connectivity index (χ4n) is 2.53. The maximum absolute atomic E-state index is 12.4. The van der Waals surface area contributed by atoms with E-state index in [2.05, 4.69) is 17.8 Å². The average molecular weight is 436 g/mol. The lowest BCUT2D eigenvalue weighted by atomic mass is 10.1. The van der Waals surface area contributed by atoms with E-state index in [-0.39, 0.29) is 16.0 Å². The fraction of sp³-hybridized carbons (Fsp3) is 0.300. The molecule has 2 aromatic carbocycles. The van der Waals surface area contributed by atoms with Gasteiger partial charge in [-0.1, -0.05) is 19.4 Å². The number of carbonyl (C=O) groups is 2. The lowest BCUT2D eigenvalue weighted by Gasteiger charge is -2.13. The molecule has 0 saturated carbocycles. The summed E-state index contributed by atoms with van der Waals surface area (Å²) in [5.41, 5.74) is 5.38. The van der Waals surface area contributed by atoms with E-state index in [1.54, 1.807) is 13.0 Å². The van der Waals surface area contributed by atoms with Crippen LogP contribution in [0.3, 0.4) is 0 Å². The van der Waals surface area contributed by atoms with Crippen molar-refractivity contribution in [2.24, 2.45) is 5.14 Å². The lowest BCUT2D eigenvalue weighted by molar-refractivity contribution is 0.0846. The first-order valence-electron chi connectivity index (χ1n) is 9.22. The molecule has 0 aliphatic carbocycles. The summed E-state index contributed by atoms with van der Waals surface area (Å²) >= 11 is 0. The van der Waals surface area contributed by atoms with Gasteiger partial charge in [-0.3, -0.25) is 20.4 Å². The van der Waals surface area contributed by atoms with Gasteiger partial charge in [0.2, 0.25) is 10.0 Å². The predicted octanol–water partition coefficient (Wildman–Crippen LogP) is 1.90. The average Bonchev–Trinajstić information content (AvgIpc) is 2.71. The van der Waals surface area contributed by atoms with E-state index in [1.165, 1.54) is 31.4 Å². The molecule has 0 heterocycles. The molecule has 0 aliphatic heterocycles. The minimum atomic E-state index is -3.96. The Hall–Kier alpha value is -3.11. The fourth-order valence-corrected chi connectivity index (χ4v) is 3.07. The van der Waals surface area contributed by atoms with Crippen molar-refractivity contribution < 1.29 is 27.5 Å². The monoisotopic (exact) mass is 435 g/mol. The topological polar surface area (TPSA) is 137 Å². The van der Waals surface area contributed by atoms with E-state index in [0.29, 0.717) is 23.7 Å². The number of sulfonamides is 1. The number of nitrogens with one attached hydrogen (secondary N) is 2. The number of hydrogen-bond donors (Lipinski definition) is 3. The van der Waals surface area contributed by atoms with Crippen LogP contribution in [0.5, 0.6) is 11.5 Å². The molecule has 0 unspecified atom stereocenters. The lowest BCUT2D eigenvalue weighted by Crippen LogP contribution is -2.42. The second-order valence-corrected chi connectivity index (χ2v) is 8.06. The molecule has 9 nitrogen and oxygen atoms in total. The standard InChI is InChI=1S/C20H25N3O6S/c1-4-5-10-29-17-9-7-14(11-18(17)28-3)19(24)22-23-20(25)16-12-15(30(21,26)27)8-6-13(16)2/h6-9,11-12H,4-5,10H2,1-3H3,(H,22,24)(H,23,25)(H2,21,26,27). The van der Waals surface area contributed by atoms with E-state index >= 15 is 0 Å². The number of aryl methyl sites for hydroxylation is 1. The Morgan fingerprint density at radius 3 is 2.37 bits per heavy atom. The third-order valence-electron chi connectivity index (χ3n) is 4.25. The van der Waals surface area contributed by atoms with Crippen LogP contribution in [0.4, 0.5) is 0 Å². The molecule has 0 aromatic heterocycles. The number of amides is 2. The van der Waals surface area contributed by atoms with Gasteiger partial charge in [-0.05, 0) is 49.2 Å². The third kappa shape index (κ3) is 5.94. The van der Waals surface area contributed by atoms with Crippen molar-refractivity contribution in [2.75, 3.05) is 13.7 Å². The number of rotatable bonds is 8. The number of hydrazine groups is 1. The summed E-state index contributed by atoms with van der Waals surface area (Å²) in [6.45, 7) is 4.21. The maximum atomic E-state index is 12.4. The highest BCUT2D eigenvalue weighted by molar-refractivity contribution is 7.89. The van der Waals surface area contributed by atoms with Gasteiger partial charge in [0.05, 0.1) is 18.6 Å². The van der Waals surface area contributed by atoms with Gasteiger partial charge in [-0.25, -0.2) is 13.6 Å². The number of nitrogens with two attached hydrogens (primary N) is 1. The van der Waals surface area contributed by atoms with Gasteiger partial charge in [0.25, 0.3) is 11.8 Å². The predicted molar refractivity (Wildman–Crippen MR) is 111 cm³/mol. The van der Waals surface area contributed by atoms with Crippen molar-refractivity contribution >= 4 is 21.8 Å². The molecule has 2 rings (SSSR count). The van der Waals surface area contributed by atoms with Crippen molar-refractivity contribution in [1.29, 1.82) is 0 Å². The largest absolute Gasteiger partial charge is 0.493 e. The number of carbonyl (C=O) groups excluding carboxylic acids is 2. The Balaban J connectivity index is 2.09. The van der Waals surface area contributed by atoms with E-state index in [9.17, 15) is 18.0 Å². The van der Waals surface area contributed by atoms with Gasteiger partial charge in [-0.2, -0.15) is 0 Å². The van der Waals surface area contributed by atoms with Gasteiger partial charge < -0.3 is 9.47 Å². The highest BCUT2D eigenvalue weighted by Crippen LogP contribution is 2.28. The van der Waals surface area contributed by atoms with E-state index in [4.69, 9.17) is 14.6 Å². The minimum Gasteiger partial charge on any atom is -0.493 e. The molecule has 0 radical (unpaired) electrons. The highest BCUT2D eigenvalue weighted by Gasteiger charge is 2.16. The summed E-state index contributed by atoms with van der Waals surface area (Å²) in [6.07, 6.45) is 1.88. The van der Waals surface area contributed by atoms with Gasteiger partial charge in [0, 0.05) is 11.1 Å². The van der Waals surface area contributed by atoms with Crippen LogP contribution in [0.1, 0.15) is 46.0 Å². The zero-order chi connectivity index (χ0) is 22.3. The Kier molecular flexibility index (Phi) is 7.79. The van der Waals surface area contributed by atoms with Crippen LogP contribution in [-0.4, -0.2) is 33.9 Å². The number of primary sulfonamides is 1. The molecule has 0 atom stereocenters. The quantitative estimate of drug-likeness (QED) is 0.428. The van der Waals surface area contributed by atoms with E-state index in [0.717, 1.165) is 18.9 Å². The summed E-state index contributed by atoms with van der Waals surface area (Å²) < 4.78 is 33.9. The van der Waals surface area contributed by atoms with Crippen molar-refractivity contribution in [3.8, 4) is 11.5 Å². The summed E-state index contributed by atoms with van der Waals surface area (Å²) in [7, 11) is -2.50. The maximum Gasteiger partial charge on any atom is 0.270 e. The molecular formula is C20H25N3O6S. The highest BCUT2D eigenvalue weighted by atomic mass is 32.2. The molecule has 4 N–H and O–H groups in total. The van der Waals surface area contributed by atoms with Gasteiger partial charge in [0.15, 0.2) is 11.5 Å². The Labute approximate surface area is 175 Å². The Morgan fingerprint density at radius 2 is 1.73 bits per heavy atom. The number of ether oxygens (including phenoxy) is 2. The smallest absolute Gasteiger partial charge is 0.270 e. The summed E-state index contributed by atoms with van der Waals surface area (Å²) in [6, 6.07) is 8.56. The van der Waals surface area contributed by atoms with Crippen LogP contribution < -0.4 is 25.5 Å². The second kappa shape index (κ2) is 10.1. The van der Waals surface area contributed by atoms with Crippen LogP contribution in [0, 0.1) is 6.92 Å². The third-order valence-corrected chi connectivity index (χ3v) is 5.16. The molecule has 0 saturated heterocycles. The van der Waals surface area contributed by atoms with Crippen LogP contribution >= 0.6 is 0 Å². The number of methoxy groups -OCH3 is 1. The molecular weight excluding hydrogens is 410 g/mol.